The molecule has 1 aliphatic heterocycles. The van der Waals surface area contributed by atoms with Gasteiger partial charge in [-0.15, -0.1) is 0 Å². The van der Waals surface area contributed by atoms with Crippen molar-refractivity contribution in [3.05, 3.63) is 18.2 Å². The van der Waals surface area contributed by atoms with E-state index in [0.29, 0.717) is 30.9 Å². The van der Waals surface area contributed by atoms with Crippen molar-refractivity contribution in [3.8, 4) is 11.5 Å². The number of carboxylic acid groups (broad SMARTS) is 1. The van der Waals surface area contributed by atoms with Crippen LogP contribution in [0.15, 0.2) is 23.1 Å². The number of carboxylic acids is 1. The van der Waals surface area contributed by atoms with Crippen LogP contribution in [0.3, 0.4) is 0 Å². The van der Waals surface area contributed by atoms with Crippen LogP contribution in [-0.4, -0.2) is 51.1 Å². The van der Waals surface area contributed by atoms with Gasteiger partial charge in [0, 0.05) is 19.2 Å². The normalized spacial score (nSPS) is 19.6. The number of methoxy groups -OCH3 is 2. The zero-order chi connectivity index (χ0) is 16.3. The highest BCUT2D eigenvalue weighted by atomic mass is 32.2. The van der Waals surface area contributed by atoms with Gasteiger partial charge in [-0.25, -0.2) is 8.42 Å². The van der Waals surface area contributed by atoms with Crippen molar-refractivity contribution in [2.45, 2.75) is 17.7 Å². The fraction of sp³-hybridized carbons (Fsp3) is 0.500. The van der Waals surface area contributed by atoms with Gasteiger partial charge in [-0.1, -0.05) is 0 Å². The molecule has 122 valence electrons. The smallest absolute Gasteiger partial charge is 0.307 e. The van der Waals surface area contributed by atoms with Crippen molar-refractivity contribution in [1.29, 1.82) is 0 Å². The minimum absolute atomic E-state index is 0.00793. The molecule has 0 bridgehead atoms. The number of piperidine rings is 1. The summed E-state index contributed by atoms with van der Waals surface area (Å²) in [5.74, 6) is -0.880. The van der Waals surface area contributed by atoms with Gasteiger partial charge < -0.3 is 14.6 Å². The highest BCUT2D eigenvalue weighted by molar-refractivity contribution is 7.89. The predicted octanol–water partition coefficient (Wildman–Crippen LogP) is 1.19. The van der Waals surface area contributed by atoms with Gasteiger partial charge in [0.1, 0.15) is 0 Å². The molecular formula is C14H19NO6S. The van der Waals surface area contributed by atoms with Crippen LogP contribution < -0.4 is 9.47 Å². The fourth-order valence-electron chi connectivity index (χ4n) is 2.49. The Morgan fingerprint density at radius 1 is 1.27 bits per heavy atom. The van der Waals surface area contributed by atoms with E-state index < -0.39 is 21.9 Å². The van der Waals surface area contributed by atoms with Gasteiger partial charge in [-0.2, -0.15) is 4.31 Å². The standard InChI is InChI=1S/C14H19NO6S/c1-20-12-6-5-11(8-13(12)21-2)22(18,19)15-7-3-4-10(9-15)14(16)17/h5-6,8,10H,3-4,7,9H2,1-2H3,(H,16,17)/t10-/m0/s1. The van der Waals surface area contributed by atoms with E-state index in [2.05, 4.69) is 0 Å². The van der Waals surface area contributed by atoms with Gasteiger partial charge in [0.25, 0.3) is 0 Å². The second-order valence-corrected chi connectivity index (χ2v) is 7.00. The van der Waals surface area contributed by atoms with Crippen molar-refractivity contribution >= 4 is 16.0 Å². The summed E-state index contributed by atoms with van der Waals surface area (Å²) in [6.45, 7) is 0.312. The topological polar surface area (TPSA) is 93.1 Å². The van der Waals surface area contributed by atoms with E-state index in [9.17, 15) is 13.2 Å². The molecule has 0 amide bonds. The third kappa shape index (κ3) is 3.17. The van der Waals surface area contributed by atoms with E-state index in [0.717, 1.165) is 0 Å². The number of sulfonamides is 1. The summed E-state index contributed by atoms with van der Waals surface area (Å²) >= 11 is 0. The van der Waals surface area contributed by atoms with Gasteiger partial charge in [0.2, 0.25) is 10.0 Å². The first-order valence-electron chi connectivity index (χ1n) is 6.85. The average molecular weight is 329 g/mol. The van der Waals surface area contributed by atoms with E-state index in [-0.39, 0.29) is 11.4 Å². The van der Waals surface area contributed by atoms with E-state index in [1.54, 1.807) is 0 Å². The van der Waals surface area contributed by atoms with E-state index in [4.69, 9.17) is 14.6 Å². The molecule has 22 heavy (non-hydrogen) atoms. The van der Waals surface area contributed by atoms with E-state index in [1.165, 1.54) is 36.7 Å². The average Bonchev–Trinajstić information content (AvgIpc) is 2.54. The first kappa shape index (κ1) is 16.6. The Kier molecular flexibility index (Phi) is 4.92. The number of ether oxygens (including phenoxy) is 2. The summed E-state index contributed by atoms with van der Waals surface area (Å²) in [5, 5.41) is 9.08. The summed E-state index contributed by atoms with van der Waals surface area (Å²) in [6, 6.07) is 4.34. The third-order valence-electron chi connectivity index (χ3n) is 3.73. The number of aliphatic carboxylic acids is 1. The monoisotopic (exact) mass is 329 g/mol. The molecule has 1 heterocycles. The molecule has 0 radical (unpaired) electrons. The Morgan fingerprint density at radius 3 is 2.55 bits per heavy atom. The van der Waals surface area contributed by atoms with Crippen LogP contribution in [0.4, 0.5) is 0 Å². The maximum absolute atomic E-state index is 12.7. The summed E-state index contributed by atoms with van der Waals surface area (Å²) < 4.78 is 36.7. The molecule has 1 atom stereocenters. The summed E-state index contributed by atoms with van der Waals surface area (Å²) in [5.41, 5.74) is 0. The zero-order valence-electron chi connectivity index (χ0n) is 12.5. The van der Waals surface area contributed by atoms with Gasteiger partial charge in [0.15, 0.2) is 11.5 Å². The van der Waals surface area contributed by atoms with Gasteiger partial charge in [0.05, 0.1) is 25.0 Å². The lowest BCUT2D eigenvalue weighted by molar-refractivity contribution is -0.142. The minimum atomic E-state index is -3.75. The minimum Gasteiger partial charge on any atom is -0.493 e. The first-order valence-corrected chi connectivity index (χ1v) is 8.29. The molecule has 1 saturated heterocycles. The van der Waals surface area contributed by atoms with Gasteiger partial charge in [-0.05, 0) is 25.0 Å². The maximum Gasteiger partial charge on any atom is 0.307 e. The van der Waals surface area contributed by atoms with Crippen molar-refractivity contribution in [3.63, 3.8) is 0 Å². The molecule has 0 unspecified atom stereocenters. The number of nitrogens with zero attached hydrogens (tertiary/aromatic N) is 1. The summed E-state index contributed by atoms with van der Waals surface area (Å²) in [6.07, 6.45) is 1.02. The van der Waals surface area contributed by atoms with Gasteiger partial charge >= 0.3 is 5.97 Å². The quantitative estimate of drug-likeness (QED) is 0.872. The number of benzene rings is 1. The molecule has 0 aliphatic carbocycles. The Hall–Kier alpha value is -1.80. The van der Waals surface area contributed by atoms with Crippen molar-refractivity contribution < 1.29 is 27.8 Å². The highest BCUT2D eigenvalue weighted by Crippen LogP contribution is 2.31. The van der Waals surface area contributed by atoms with E-state index >= 15 is 0 Å². The van der Waals surface area contributed by atoms with Gasteiger partial charge in [-0.3, -0.25) is 4.79 Å². The number of hydrogen-bond acceptors (Lipinski definition) is 5. The number of rotatable bonds is 5. The first-order chi connectivity index (χ1) is 10.4. The van der Waals surface area contributed by atoms with Crippen molar-refractivity contribution in [2.75, 3.05) is 27.3 Å². The van der Waals surface area contributed by atoms with Crippen LogP contribution in [0.2, 0.25) is 0 Å². The maximum atomic E-state index is 12.7. The van der Waals surface area contributed by atoms with Crippen LogP contribution >= 0.6 is 0 Å². The van der Waals surface area contributed by atoms with Crippen LogP contribution in [-0.2, 0) is 14.8 Å². The zero-order valence-corrected chi connectivity index (χ0v) is 13.3. The third-order valence-corrected chi connectivity index (χ3v) is 5.59. The SMILES string of the molecule is COc1ccc(S(=O)(=O)N2CCC[C@H](C(=O)O)C2)cc1OC. The molecule has 1 aromatic rings. The molecular weight excluding hydrogens is 310 g/mol. The predicted molar refractivity (Wildman–Crippen MR) is 78.7 cm³/mol. The Balaban J connectivity index is 2.32. The second-order valence-electron chi connectivity index (χ2n) is 5.06. The van der Waals surface area contributed by atoms with Crippen LogP contribution in [0.1, 0.15) is 12.8 Å². The molecule has 0 saturated carbocycles. The number of carbonyl (C=O) groups is 1. The summed E-state index contributed by atoms with van der Waals surface area (Å²) in [7, 11) is -0.859. The molecule has 2 rings (SSSR count). The second kappa shape index (κ2) is 6.53. The van der Waals surface area contributed by atoms with Crippen LogP contribution in [0, 0.1) is 5.92 Å². The molecule has 8 heteroatoms. The van der Waals surface area contributed by atoms with Crippen LogP contribution in [0.5, 0.6) is 11.5 Å². The Labute approximate surface area is 129 Å². The molecule has 0 spiro atoms. The highest BCUT2D eigenvalue weighted by Gasteiger charge is 2.33. The largest absolute Gasteiger partial charge is 0.493 e. The lowest BCUT2D eigenvalue weighted by Crippen LogP contribution is -2.42. The molecule has 1 fully saturated rings. The lowest BCUT2D eigenvalue weighted by atomic mass is 10.0. The molecule has 1 aliphatic rings. The van der Waals surface area contributed by atoms with Crippen molar-refractivity contribution in [1.82, 2.24) is 4.31 Å². The van der Waals surface area contributed by atoms with Crippen LogP contribution in [0.25, 0.3) is 0 Å². The van der Waals surface area contributed by atoms with E-state index in [1.807, 2.05) is 0 Å². The van der Waals surface area contributed by atoms with Crippen molar-refractivity contribution in [2.24, 2.45) is 5.92 Å². The fourth-order valence-corrected chi connectivity index (χ4v) is 4.03. The Bertz CT molecular complexity index is 657. The molecule has 1 N–H and O–H groups in total. The molecule has 7 nitrogen and oxygen atoms in total. The number of hydrogen-bond donors (Lipinski definition) is 1. The molecule has 1 aromatic carbocycles. The summed E-state index contributed by atoms with van der Waals surface area (Å²) in [4.78, 5) is 11.2. The Morgan fingerprint density at radius 2 is 1.95 bits per heavy atom. The lowest BCUT2D eigenvalue weighted by Gasteiger charge is -2.29. The molecule has 0 aromatic heterocycles.